The zero-order chi connectivity index (χ0) is 17.5. The number of hydrogen-bond donors (Lipinski definition) is 0. The van der Waals surface area contributed by atoms with Gasteiger partial charge in [-0.1, -0.05) is 23.9 Å². The fourth-order valence-electron chi connectivity index (χ4n) is 2.36. The molecule has 0 saturated heterocycles. The molecule has 10 heteroatoms. The summed E-state index contributed by atoms with van der Waals surface area (Å²) in [6.07, 6.45) is -4.58. The Morgan fingerprint density at radius 1 is 1.08 bits per heavy atom. The fourth-order valence-corrected chi connectivity index (χ4v) is 3.19. The average molecular weight is 356 g/mol. The lowest BCUT2D eigenvalue weighted by Gasteiger charge is -2.13. The second-order valence-electron chi connectivity index (χ2n) is 5.02. The number of alkyl halides is 3. The number of imide groups is 1. The maximum atomic E-state index is 12.7. The van der Waals surface area contributed by atoms with Gasteiger partial charge in [-0.2, -0.15) is 13.2 Å². The highest BCUT2D eigenvalue weighted by Crippen LogP contribution is 2.30. The number of benzene rings is 1. The second kappa shape index (κ2) is 5.93. The third kappa shape index (κ3) is 2.77. The summed E-state index contributed by atoms with van der Waals surface area (Å²) in [5.41, 5.74) is 0.677. The molecule has 0 N–H and O–H groups in total. The first-order valence-corrected chi connectivity index (χ1v) is 7.84. The largest absolute Gasteiger partial charge is 0.451 e. The van der Waals surface area contributed by atoms with E-state index in [1.54, 1.807) is 24.3 Å². The van der Waals surface area contributed by atoms with E-state index in [9.17, 15) is 22.8 Å². The predicted molar refractivity (Wildman–Crippen MR) is 78.5 cm³/mol. The zero-order valence-electron chi connectivity index (χ0n) is 12.4. The number of nitrogens with zero attached hydrogens (tertiary/aromatic N) is 4. The topological polar surface area (TPSA) is 68.1 Å². The van der Waals surface area contributed by atoms with Gasteiger partial charge in [-0.25, -0.2) is 0 Å². The number of aromatic nitrogens is 3. The summed E-state index contributed by atoms with van der Waals surface area (Å²) < 4.78 is 38.8. The Kier molecular flexibility index (Phi) is 4.08. The highest BCUT2D eigenvalue weighted by Gasteiger charge is 2.38. The SMILES string of the molecule is Cn1c(SCCN2C(=O)c3ccccc3C2=O)nnc1C(F)(F)F. The van der Waals surface area contributed by atoms with Gasteiger partial charge in [0, 0.05) is 19.3 Å². The summed E-state index contributed by atoms with van der Waals surface area (Å²) in [6.45, 7) is 0.0746. The standard InChI is InChI=1S/C14H11F3N4O2S/c1-20-12(14(15,16)17)18-19-13(20)24-7-6-21-10(22)8-4-2-3-5-9(8)11(21)23/h2-5H,6-7H2,1H3. The molecular weight excluding hydrogens is 345 g/mol. The van der Waals surface area contributed by atoms with Crippen LogP contribution in [0.2, 0.25) is 0 Å². The van der Waals surface area contributed by atoms with Gasteiger partial charge in [0.05, 0.1) is 11.1 Å². The molecule has 0 spiro atoms. The Labute approximate surface area is 138 Å². The molecule has 2 aromatic rings. The molecule has 0 bridgehead atoms. The Bertz CT molecular complexity index is 784. The van der Waals surface area contributed by atoms with E-state index in [1.165, 1.54) is 7.05 Å². The molecule has 126 valence electrons. The van der Waals surface area contributed by atoms with Crippen LogP contribution in [0, 0.1) is 0 Å². The Hall–Kier alpha value is -2.36. The van der Waals surface area contributed by atoms with Crippen molar-refractivity contribution in [3.63, 3.8) is 0 Å². The molecular formula is C14H11F3N4O2S. The van der Waals surface area contributed by atoms with E-state index in [2.05, 4.69) is 10.2 Å². The quantitative estimate of drug-likeness (QED) is 0.621. The summed E-state index contributed by atoms with van der Waals surface area (Å²) >= 11 is 0.997. The summed E-state index contributed by atoms with van der Waals surface area (Å²) in [4.78, 5) is 25.4. The molecule has 0 saturated carbocycles. The van der Waals surface area contributed by atoms with E-state index in [1.807, 2.05) is 0 Å². The van der Waals surface area contributed by atoms with Crippen LogP contribution in [0.3, 0.4) is 0 Å². The molecule has 1 aromatic carbocycles. The van der Waals surface area contributed by atoms with Gasteiger partial charge < -0.3 is 4.57 Å². The van der Waals surface area contributed by atoms with Gasteiger partial charge >= 0.3 is 6.18 Å². The van der Waals surface area contributed by atoms with Crippen molar-refractivity contribution < 1.29 is 22.8 Å². The van der Waals surface area contributed by atoms with Crippen LogP contribution in [-0.2, 0) is 13.2 Å². The number of fused-ring (bicyclic) bond motifs is 1. The fraction of sp³-hybridized carbons (Fsp3) is 0.286. The molecule has 2 heterocycles. The van der Waals surface area contributed by atoms with Crippen LogP contribution in [0.15, 0.2) is 29.4 Å². The van der Waals surface area contributed by atoms with E-state index in [4.69, 9.17) is 0 Å². The maximum absolute atomic E-state index is 12.7. The molecule has 6 nitrogen and oxygen atoms in total. The summed E-state index contributed by atoms with van der Waals surface area (Å²) in [5.74, 6) is -1.67. The van der Waals surface area contributed by atoms with Crippen molar-refractivity contribution in [2.24, 2.45) is 7.05 Å². The smallest absolute Gasteiger partial charge is 0.302 e. The van der Waals surface area contributed by atoms with Crippen molar-refractivity contribution in [1.29, 1.82) is 0 Å². The molecule has 0 radical (unpaired) electrons. The van der Waals surface area contributed by atoms with Crippen molar-refractivity contribution in [3.05, 3.63) is 41.2 Å². The third-order valence-electron chi connectivity index (χ3n) is 3.51. The molecule has 0 unspecified atom stereocenters. The van der Waals surface area contributed by atoms with Crippen LogP contribution in [-0.4, -0.2) is 43.8 Å². The van der Waals surface area contributed by atoms with Crippen molar-refractivity contribution in [3.8, 4) is 0 Å². The Morgan fingerprint density at radius 2 is 1.67 bits per heavy atom. The van der Waals surface area contributed by atoms with Crippen LogP contribution < -0.4 is 0 Å². The van der Waals surface area contributed by atoms with E-state index >= 15 is 0 Å². The lowest BCUT2D eigenvalue weighted by molar-refractivity contribution is -0.147. The first-order chi connectivity index (χ1) is 11.3. The number of carbonyl (C=O) groups excluding carboxylic acids is 2. The lowest BCUT2D eigenvalue weighted by Crippen LogP contribution is -2.31. The Morgan fingerprint density at radius 3 is 2.17 bits per heavy atom. The highest BCUT2D eigenvalue weighted by molar-refractivity contribution is 7.99. The van der Waals surface area contributed by atoms with E-state index in [0.717, 1.165) is 21.2 Å². The van der Waals surface area contributed by atoms with Crippen molar-refractivity contribution in [2.75, 3.05) is 12.3 Å². The number of thioether (sulfide) groups is 1. The van der Waals surface area contributed by atoms with Gasteiger partial charge in [0.25, 0.3) is 11.8 Å². The van der Waals surface area contributed by atoms with E-state index in [0.29, 0.717) is 11.1 Å². The van der Waals surface area contributed by atoms with Crippen LogP contribution in [0.4, 0.5) is 13.2 Å². The number of amides is 2. The monoisotopic (exact) mass is 356 g/mol. The van der Waals surface area contributed by atoms with Crippen LogP contribution in [0.25, 0.3) is 0 Å². The molecule has 3 rings (SSSR count). The summed E-state index contributed by atoms with van der Waals surface area (Å²) in [6, 6.07) is 6.48. The minimum Gasteiger partial charge on any atom is -0.302 e. The van der Waals surface area contributed by atoms with Crippen LogP contribution in [0.1, 0.15) is 26.5 Å². The predicted octanol–water partition coefficient (Wildman–Crippen LogP) is 2.22. The number of carbonyl (C=O) groups is 2. The average Bonchev–Trinajstić information content (AvgIpc) is 3.01. The van der Waals surface area contributed by atoms with Crippen LogP contribution in [0.5, 0.6) is 0 Å². The lowest BCUT2D eigenvalue weighted by atomic mass is 10.1. The van der Waals surface area contributed by atoms with Gasteiger partial charge in [0.2, 0.25) is 5.82 Å². The van der Waals surface area contributed by atoms with Gasteiger partial charge in [-0.3, -0.25) is 14.5 Å². The summed E-state index contributed by atoms with van der Waals surface area (Å²) in [5, 5.41) is 6.68. The minimum atomic E-state index is -4.58. The normalized spacial score (nSPS) is 14.4. The van der Waals surface area contributed by atoms with E-state index in [-0.39, 0.29) is 17.5 Å². The van der Waals surface area contributed by atoms with Crippen LogP contribution >= 0.6 is 11.8 Å². The number of rotatable bonds is 4. The maximum Gasteiger partial charge on any atom is 0.451 e. The second-order valence-corrected chi connectivity index (χ2v) is 6.08. The van der Waals surface area contributed by atoms with Gasteiger partial charge in [0.1, 0.15) is 0 Å². The molecule has 0 aliphatic carbocycles. The van der Waals surface area contributed by atoms with Gasteiger partial charge in [0.15, 0.2) is 5.16 Å². The number of hydrogen-bond acceptors (Lipinski definition) is 5. The molecule has 2 amide bonds. The zero-order valence-corrected chi connectivity index (χ0v) is 13.2. The Balaban J connectivity index is 1.65. The molecule has 0 atom stereocenters. The van der Waals surface area contributed by atoms with Gasteiger partial charge in [-0.05, 0) is 12.1 Å². The summed E-state index contributed by atoms with van der Waals surface area (Å²) in [7, 11) is 1.22. The van der Waals surface area contributed by atoms with Crippen molar-refractivity contribution >= 4 is 23.6 Å². The molecule has 1 aliphatic rings. The van der Waals surface area contributed by atoms with Crippen molar-refractivity contribution in [1.82, 2.24) is 19.7 Å². The molecule has 1 aliphatic heterocycles. The molecule has 24 heavy (non-hydrogen) atoms. The minimum absolute atomic E-state index is 0.0685. The van der Waals surface area contributed by atoms with E-state index < -0.39 is 23.8 Å². The van der Waals surface area contributed by atoms with Crippen molar-refractivity contribution in [2.45, 2.75) is 11.3 Å². The third-order valence-corrected chi connectivity index (χ3v) is 4.51. The number of halogens is 3. The first-order valence-electron chi connectivity index (χ1n) is 6.85. The first kappa shape index (κ1) is 16.5. The molecule has 0 fully saturated rings. The highest BCUT2D eigenvalue weighted by atomic mass is 32.2. The van der Waals surface area contributed by atoms with Gasteiger partial charge in [-0.15, -0.1) is 10.2 Å². The molecule has 1 aromatic heterocycles.